The summed E-state index contributed by atoms with van der Waals surface area (Å²) in [5, 5.41) is 20.8. The zero-order chi connectivity index (χ0) is 15.3. The van der Waals surface area contributed by atoms with Crippen molar-refractivity contribution in [3.05, 3.63) is 48.5 Å². The van der Waals surface area contributed by atoms with Crippen molar-refractivity contribution in [1.29, 1.82) is 0 Å². The van der Waals surface area contributed by atoms with Crippen molar-refractivity contribution in [3.8, 4) is 11.5 Å². The maximum Gasteiger partial charge on any atom is 0.406 e. The van der Waals surface area contributed by atoms with Crippen LogP contribution >= 0.6 is 0 Å². The first-order valence-electron chi connectivity index (χ1n) is 6.90. The Labute approximate surface area is 125 Å². The van der Waals surface area contributed by atoms with Crippen LogP contribution in [0.1, 0.15) is 13.3 Å². The third-order valence-electron chi connectivity index (χ3n) is 3.29. The Bertz CT molecular complexity index is 520. The lowest BCUT2D eigenvalue weighted by Crippen LogP contribution is -2.62. The Morgan fingerprint density at radius 3 is 1.62 bits per heavy atom. The van der Waals surface area contributed by atoms with Crippen molar-refractivity contribution < 1.29 is 19.1 Å². The number of benzene rings is 2. The minimum atomic E-state index is -2.81. The molecule has 0 aliphatic heterocycles. The average molecular weight is 304 g/mol. The first-order chi connectivity index (χ1) is 10.1. The molecule has 0 aliphatic carbocycles. The molecule has 2 aromatic rings. The first-order valence-corrected chi connectivity index (χ1v) is 8.72. The van der Waals surface area contributed by atoms with E-state index in [0.29, 0.717) is 6.61 Å². The Kier molecular flexibility index (Phi) is 5.01. The summed E-state index contributed by atoms with van der Waals surface area (Å²) in [7, 11) is -1.17. The summed E-state index contributed by atoms with van der Waals surface area (Å²) >= 11 is 0. The fourth-order valence-corrected chi connectivity index (χ4v) is 5.19. The van der Waals surface area contributed by atoms with Gasteiger partial charge in [0.1, 0.15) is 11.5 Å². The Morgan fingerprint density at radius 2 is 1.29 bits per heavy atom. The van der Waals surface area contributed by atoms with Crippen LogP contribution in [-0.2, 0) is 8.85 Å². The molecule has 112 valence electrons. The quantitative estimate of drug-likeness (QED) is 0.798. The van der Waals surface area contributed by atoms with Gasteiger partial charge in [0.25, 0.3) is 0 Å². The third kappa shape index (κ3) is 3.26. The van der Waals surface area contributed by atoms with Gasteiger partial charge in [-0.2, -0.15) is 0 Å². The SMILES string of the molecule is CCCO[Si](OC)(c1ccc(O)cc1)c1ccc(O)cc1. The molecule has 0 amide bonds. The standard InChI is InChI=1S/C16H20O4Si/c1-3-12-20-21(19-2,15-8-4-13(17)5-9-15)16-10-6-14(18)7-11-16/h4-11,17-18H,3,12H2,1-2H3. The van der Waals surface area contributed by atoms with Crippen molar-refractivity contribution >= 4 is 18.9 Å². The summed E-state index contributed by atoms with van der Waals surface area (Å²) in [6.45, 7) is 2.63. The Hall–Kier alpha value is -1.82. The highest BCUT2D eigenvalue weighted by molar-refractivity contribution is 6.92. The van der Waals surface area contributed by atoms with Crippen molar-refractivity contribution in [2.45, 2.75) is 13.3 Å². The average Bonchev–Trinajstić information content (AvgIpc) is 2.51. The lowest BCUT2D eigenvalue weighted by Gasteiger charge is -2.29. The Balaban J connectivity index is 2.51. The molecule has 0 saturated carbocycles. The van der Waals surface area contributed by atoms with E-state index in [1.54, 1.807) is 31.4 Å². The van der Waals surface area contributed by atoms with Gasteiger partial charge in [-0.25, -0.2) is 0 Å². The van der Waals surface area contributed by atoms with Crippen molar-refractivity contribution in [2.75, 3.05) is 13.7 Å². The summed E-state index contributed by atoms with van der Waals surface area (Å²) in [5.41, 5.74) is 0. The molecule has 2 rings (SSSR count). The maximum absolute atomic E-state index is 9.48. The van der Waals surface area contributed by atoms with Gasteiger partial charge in [-0.05, 0) is 41.1 Å². The van der Waals surface area contributed by atoms with Gasteiger partial charge < -0.3 is 19.1 Å². The van der Waals surface area contributed by atoms with E-state index in [9.17, 15) is 10.2 Å². The fourth-order valence-electron chi connectivity index (χ4n) is 2.24. The molecule has 0 bridgehead atoms. The van der Waals surface area contributed by atoms with Gasteiger partial charge in [-0.3, -0.25) is 0 Å². The highest BCUT2D eigenvalue weighted by atomic mass is 28.4. The molecule has 0 atom stereocenters. The second-order valence-electron chi connectivity index (χ2n) is 4.76. The van der Waals surface area contributed by atoms with Crippen LogP contribution in [-0.4, -0.2) is 32.5 Å². The van der Waals surface area contributed by atoms with Crippen LogP contribution < -0.4 is 10.4 Å². The maximum atomic E-state index is 9.48. The molecule has 0 aliphatic rings. The number of phenols is 2. The van der Waals surface area contributed by atoms with Gasteiger partial charge >= 0.3 is 8.56 Å². The van der Waals surface area contributed by atoms with E-state index in [4.69, 9.17) is 8.85 Å². The van der Waals surface area contributed by atoms with Gasteiger partial charge in [0, 0.05) is 13.7 Å². The van der Waals surface area contributed by atoms with Gasteiger partial charge in [0.05, 0.1) is 0 Å². The predicted octanol–water partition coefficient (Wildman–Crippen LogP) is 1.73. The Morgan fingerprint density at radius 1 is 0.857 bits per heavy atom. The number of hydrogen-bond donors (Lipinski definition) is 2. The highest BCUT2D eigenvalue weighted by Crippen LogP contribution is 2.14. The lowest BCUT2D eigenvalue weighted by molar-refractivity contribution is 0.224. The molecule has 2 N–H and O–H groups in total. The molecular weight excluding hydrogens is 284 g/mol. The van der Waals surface area contributed by atoms with E-state index in [1.165, 1.54) is 0 Å². The largest absolute Gasteiger partial charge is 0.508 e. The molecule has 0 aromatic heterocycles. The minimum Gasteiger partial charge on any atom is -0.508 e. The van der Waals surface area contributed by atoms with E-state index in [1.807, 2.05) is 31.2 Å². The summed E-state index contributed by atoms with van der Waals surface area (Å²) in [5.74, 6) is 0.415. The normalized spacial score (nSPS) is 11.5. The van der Waals surface area contributed by atoms with E-state index in [0.717, 1.165) is 16.8 Å². The van der Waals surface area contributed by atoms with Crippen LogP contribution in [0, 0.1) is 0 Å². The molecule has 0 saturated heterocycles. The topological polar surface area (TPSA) is 58.9 Å². The summed E-state index contributed by atoms with van der Waals surface area (Å²) < 4.78 is 12.0. The number of rotatable bonds is 6. The number of aromatic hydroxyl groups is 2. The molecule has 0 unspecified atom stereocenters. The van der Waals surface area contributed by atoms with Crippen molar-refractivity contribution in [2.24, 2.45) is 0 Å². The molecule has 0 fully saturated rings. The lowest BCUT2D eigenvalue weighted by atomic mass is 10.3. The van der Waals surface area contributed by atoms with Crippen LogP contribution in [0.15, 0.2) is 48.5 Å². The zero-order valence-electron chi connectivity index (χ0n) is 12.2. The molecule has 2 aromatic carbocycles. The van der Waals surface area contributed by atoms with E-state index < -0.39 is 8.56 Å². The molecule has 4 nitrogen and oxygen atoms in total. The molecule has 5 heteroatoms. The van der Waals surface area contributed by atoms with Gasteiger partial charge in [-0.1, -0.05) is 31.2 Å². The third-order valence-corrected chi connectivity index (χ3v) is 6.66. The van der Waals surface area contributed by atoms with E-state index in [2.05, 4.69) is 0 Å². The van der Waals surface area contributed by atoms with Crippen LogP contribution in [0.3, 0.4) is 0 Å². The molecule has 0 spiro atoms. The summed E-state index contributed by atoms with van der Waals surface area (Å²) in [6.07, 6.45) is 0.883. The van der Waals surface area contributed by atoms with Crippen LogP contribution in [0.4, 0.5) is 0 Å². The van der Waals surface area contributed by atoms with E-state index >= 15 is 0 Å². The fraction of sp³-hybridized carbons (Fsp3) is 0.250. The highest BCUT2D eigenvalue weighted by Gasteiger charge is 2.41. The minimum absolute atomic E-state index is 0.207. The molecular formula is C16H20O4Si. The summed E-state index contributed by atoms with van der Waals surface area (Å²) in [6, 6.07) is 13.8. The van der Waals surface area contributed by atoms with E-state index in [-0.39, 0.29) is 11.5 Å². The van der Waals surface area contributed by atoms with Crippen LogP contribution in [0.25, 0.3) is 0 Å². The number of hydrogen-bond acceptors (Lipinski definition) is 4. The summed E-state index contributed by atoms with van der Waals surface area (Å²) in [4.78, 5) is 0. The molecule has 0 heterocycles. The number of phenolic OH excluding ortho intramolecular Hbond substituents is 2. The second kappa shape index (κ2) is 6.75. The van der Waals surface area contributed by atoms with Gasteiger partial charge in [0.15, 0.2) is 0 Å². The zero-order valence-corrected chi connectivity index (χ0v) is 13.2. The van der Waals surface area contributed by atoms with Crippen LogP contribution in [0.2, 0.25) is 0 Å². The first kappa shape index (κ1) is 15.6. The van der Waals surface area contributed by atoms with Gasteiger partial charge in [-0.15, -0.1) is 0 Å². The molecule has 21 heavy (non-hydrogen) atoms. The van der Waals surface area contributed by atoms with Gasteiger partial charge in [0.2, 0.25) is 0 Å². The van der Waals surface area contributed by atoms with Crippen LogP contribution in [0.5, 0.6) is 11.5 Å². The smallest absolute Gasteiger partial charge is 0.406 e. The predicted molar refractivity (Wildman–Crippen MR) is 84.5 cm³/mol. The van der Waals surface area contributed by atoms with Crippen molar-refractivity contribution in [1.82, 2.24) is 0 Å². The second-order valence-corrected chi connectivity index (χ2v) is 7.85. The molecule has 0 radical (unpaired) electrons. The van der Waals surface area contributed by atoms with Crippen molar-refractivity contribution in [3.63, 3.8) is 0 Å². The monoisotopic (exact) mass is 304 g/mol.